The SMILES string of the molecule is CCc1nccn1CCCNC(=O)c1nc(-c2ccc(F)cc2)[nH]c1C. The number of amides is 1. The van der Waals surface area contributed by atoms with Gasteiger partial charge in [0, 0.05) is 43.2 Å². The van der Waals surface area contributed by atoms with Crippen LogP contribution in [0.3, 0.4) is 0 Å². The molecule has 0 spiro atoms. The van der Waals surface area contributed by atoms with Gasteiger partial charge in [-0.25, -0.2) is 14.4 Å². The largest absolute Gasteiger partial charge is 0.351 e. The standard InChI is InChI=1S/C19H22FN5O/c1-3-16-21-10-12-25(16)11-4-9-22-19(26)17-13(2)23-18(24-17)14-5-7-15(20)8-6-14/h5-8,10,12H,3-4,9,11H2,1-2H3,(H,22,26)(H,23,24). The third-order valence-corrected chi connectivity index (χ3v) is 4.20. The molecule has 26 heavy (non-hydrogen) atoms. The number of carbonyl (C=O) groups is 1. The molecule has 0 unspecified atom stereocenters. The Kier molecular flexibility index (Phi) is 5.46. The van der Waals surface area contributed by atoms with Crippen molar-refractivity contribution >= 4 is 5.91 Å². The van der Waals surface area contributed by atoms with E-state index in [1.807, 2.05) is 6.20 Å². The zero-order chi connectivity index (χ0) is 18.5. The minimum absolute atomic E-state index is 0.214. The first-order valence-electron chi connectivity index (χ1n) is 8.69. The molecule has 0 aliphatic carbocycles. The van der Waals surface area contributed by atoms with Crippen LogP contribution in [0.25, 0.3) is 11.4 Å². The van der Waals surface area contributed by atoms with Gasteiger partial charge < -0.3 is 14.9 Å². The lowest BCUT2D eigenvalue weighted by atomic mass is 10.2. The molecule has 0 aliphatic rings. The molecular weight excluding hydrogens is 333 g/mol. The van der Waals surface area contributed by atoms with Crippen molar-refractivity contribution in [2.24, 2.45) is 0 Å². The number of aromatic nitrogens is 4. The Hall–Kier alpha value is -2.96. The van der Waals surface area contributed by atoms with E-state index in [-0.39, 0.29) is 11.7 Å². The Morgan fingerprint density at radius 2 is 2.08 bits per heavy atom. The summed E-state index contributed by atoms with van der Waals surface area (Å²) in [5.41, 5.74) is 1.78. The topological polar surface area (TPSA) is 75.6 Å². The number of nitrogens with one attached hydrogen (secondary N) is 2. The fraction of sp³-hybridized carbons (Fsp3) is 0.316. The van der Waals surface area contributed by atoms with Crippen molar-refractivity contribution in [1.82, 2.24) is 24.8 Å². The van der Waals surface area contributed by atoms with E-state index in [0.29, 0.717) is 23.8 Å². The fourth-order valence-corrected chi connectivity index (χ4v) is 2.82. The van der Waals surface area contributed by atoms with E-state index in [1.54, 1.807) is 25.3 Å². The number of hydrogen-bond donors (Lipinski definition) is 2. The monoisotopic (exact) mass is 355 g/mol. The summed E-state index contributed by atoms with van der Waals surface area (Å²) in [6.45, 7) is 5.23. The van der Waals surface area contributed by atoms with Crippen LogP contribution in [-0.4, -0.2) is 32.0 Å². The van der Waals surface area contributed by atoms with Gasteiger partial charge in [0.25, 0.3) is 5.91 Å². The average Bonchev–Trinajstić information content (AvgIpc) is 3.25. The number of carbonyl (C=O) groups excluding carboxylic acids is 1. The summed E-state index contributed by atoms with van der Waals surface area (Å²) in [6, 6.07) is 6.00. The lowest BCUT2D eigenvalue weighted by Crippen LogP contribution is -2.26. The number of aryl methyl sites for hydroxylation is 3. The van der Waals surface area contributed by atoms with Gasteiger partial charge in [-0.3, -0.25) is 4.79 Å². The van der Waals surface area contributed by atoms with E-state index in [1.165, 1.54) is 12.1 Å². The quantitative estimate of drug-likeness (QED) is 0.640. The van der Waals surface area contributed by atoms with E-state index in [0.717, 1.165) is 30.8 Å². The van der Waals surface area contributed by atoms with Crippen LogP contribution < -0.4 is 5.32 Å². The number of nitrogens with zero attached hydrogens (tertiary/aromatic N) is 3. The predicted octanol–water partition coefficient (Wildman–Crippen LogP) is 3.10. The molecule has 3 rings (SSSR count). The highest BCUT2D eigenvalue weighted by atomic mass is 19.1. The summed E-state index contributed by atoms with van der Waals surface area (Å²) in [5, 5.41) is 2.90. The van der Waals surface area contributed by atoms with Crippen molar-refractivity contribution in [3.8, 4) is 11.4 Å². The zero-order valence-electron chi connectivity index (χ0n) is 14.9. The van der Waals surface area contributed by atoms with Crippen LogP contribution in [-0.2, 0) is 13.0 Å². The van der Waals surface area contributed by atoms with E-state index in [9.17, 15) is 9.18 Å². The maximum absolute atomic E-state index is 13.0. The van der Waals surface area contributed by atoms with Gasteiger partial charge in [0.05, 0.1) is 0 Å². The van der Waals surface area contributed by atoms with Gasteiger partial charge in [-0.15, -0.1) is 0 Å². The highest BCUT2D eigenvalue weighted by Crippen LogP contribution is 2.18. The smallest absolute Gasteiger partial charge is 0.271 e. The maximum Gasteiger partial charge on any atom is 0.271 e. The Balaban J connectivity index is 1.57. The second-order valence-electron chi connectivity index (χ2n) is 6.07. The molecule has 7 heteroatoms. The van der Waals surface area contributed by atoms with Crippen LogP contribution in [0, 0.1) is 12.7 Å². The van der Waals surface area contributed by atoms with Crippen LogP contribution in [0.1, 0.15) is 35.4 Å². The summed E-state index contributed by atoms with van der Waals surface area (Å²) < 4.78 is 15.1. The lowest BCUT2D eigenvalue weighted by molar-refractivity contribution is 0.0947. The third kappa shape index (κ3) is 3.99. The highest BCUT2D eigenvalue weighted by molar-refractivity contribution is 5.94. The van der Waals surface area contributed by atoms with E-state index < -0.39 is 0 Å². The molecule has 1 aromatic carbocycles. The molecule has 0 aliphatic heterocycles. The van der Waals surface area contributed by atoms with Gasteiger partial charge in [-0.1, -0.05) is 6.92 Å². The van der Waals surface area contributed by atoms with Gasteiger partial charge in [0.1, 0.15) is 23.2 Å². The zero-order valence-corrected chi connectivity index (χ0v) is 14.9. The Morgan fingerprint density at radius 3 is 2.81 bits per heavy atom. The molecule has 0 saturated carbocycles. The number of H-pyrrole nitrogens is 1. The molecule has 0 atom stereocenters. The molecule has 2 N–H and O–H groups in total. The minimum Gasteiger partial charge on any atom is -0.351 e. The van der Waals surface area contributed by atoms with Crippen molar-refractivity contribution < 1.29 is 9.18 Å². The van der Waals surface area contributed by atoms with E-state index in [4.69, 9.17) is 0 Å². The predicted molar refractivity (Wildman–Crippen MR) is 97.3 cm³/mol. The first-order chi connectivity index (χ1) is 12.6. The Morgan fingerprint density at radius 1 is 1.31 bits per heavy atom. The van der Waals surface area contributed by atoms with Gasteiger partial charge in [-0.2, -0.15) is 0 Å². The summed E-state index contributed by atoms with van der Waals surface area (Å²) >= 11 is 0. The molecule has 0 saturated heterocycles. The Labute approximate surface area is 151 Å². The van der Waals surface area contributed by atoms with Crippen molar-refractivity contribution in [3.05, 3.63) is 59.7 Å². The molecule has 0 fully saturated rings. The van der Waals surface area contributed by atoms with Gasteiger partial charge in [0.15, 0.2) is 0 Å². The van der Waals surface area contributed by atoms with Crippen LogP contribution in [0.15, 0.2) is 36.7 Å². The number of imidazole rings is 2. The molecule has 1 amide bonds. The molecule has 0 bridgehead atoms. The maximum atomic E-state index is 13.0. The lowest BCUT2D eigenvalue weighted by Gasteiger charge is -2.07. The number of halogens is 1. The number of rotatable bonds is 7. The summed E-state index contributed by atoms with van der Waals surface area (Å²) in [4.78, 5) is 24.1. The summed E-state index contributed by atoms with van der Waals surface area (Å²) in [5.74, 6) is 1.08. The first-order valence-corrected chi connectivity index (χ1v) is 8.69. The number of benzene rings is 1. The fourth-order valence-electron chi connectivity index (χ4n) is 2.82. The third-order valence-electron chi connectivity index (χ3n) is 4.20. The molecule has 2 heterocycles. The van der Waals surface area contributed by atoms with Gasteiger partial charge >= 0.3 is 0 Å². The molecule has 3 aromatic rings. The van der Waals surface area contributed by atoms with Crippen molar-refractivity contribution in [2.45, 2.75) is 33.2 Å². The highest BCUT2D eigenvalue weighted by Gasteiger charge is 2.15. The van der Waals surface area contributed by atoms with E-state index in [2.05, 4.69) is 31.8 Å². The summed E-state index contributed by atoms with van der Waals surface area (Å²) in [6.07, 6.45) is 5.44. The normalized spacial score (nSPS) is 10.9. The second kappa shape index (κ2) is 7.95. The Bertz CT molecular complexity index is 882. The molecule has 2 aromatic heterocycles. The first kappa shape index (κ1) is 17.8. The van der Waals surface area contributed by atoms with Gasteiger partial charge in [0.2, 0.25) is 0 Å². The van der Waals surface area contributed by atoms with Crippen LogP contribution in [0.4, 0.5) is 4.39 Å². The molecular formula is C19H22FN5O. The van der Waals surface area contributed by atoms with Crippen LogP contribution >= 0.6 is 0 Å². The van der Waals surface area contributed by atoms with Crippen LogP contribution in [0.2, 0.25) is 0 Å². The molecule has 0 radical (unpaired) electrons. The van der Waals surface area contributed by atoms with E-state index >= 15 is 0 Å². The average molecular weight is 355 g/mol. The van der Waals surface area contributed by atoms with Crippen molar-refractivity contribution in [3.63, 3.8) is 0 Å². The molecule has 136 valence electrons. The minimum atomic E-state index is -0.306. The number of hydrogen-bond acceptors (Lipinski definition) is 3. The van der Waals surface area contributed by atoms with Crippen LogP contribution in [0.5, 0.6) is 0 Å². The summed E-state index contributed by atoms with van der Waals surface area (Å²) in [7, 11) is 0. The second-order valence-corrected chi connectivity index (χ2v) is 6.07. The molecule has 6 nitrogen and oxygen atoms in total. The van der Waals surface area contributed by atoms with Crippen molar-refractivity contribution in [2.75, 3.05) is 6.54 Å². The van der Waals surface area contributed by atoms with Crippen molar-refractivity contribution in [1.29, 1.82) is 0 Å². The number of aromatic amines is 1. The van der Waals surface area contributed by atoms with Gasteiger partial charge in [-0.05, 0) is 37.6 Å².